The Kier molecular flexibility index (Phi) is 11.4. The molecule has 7 heteroatoms. The number of rotatable bonds is 12. The molecule has 1 aliphatic rings. The van der Waals surface area contributed by atoms with Gasteiger partial charge in [0.2, 0.25) is 17.7 Å². The van der Waals surface area contributed by atoms with Crippen molar-refractivity contribution in [3.63, 3.8) is 0 Å². The van der Waals surface area contributed by atoms with Gasteiger partial charge in [0.1, 0.15) is 12.1 Å². The lowest BCUT2D eigenvalue weighted by atomic mass is 9.90. The number of carbonyl (C=O) groups excluding carboxylic acids is 3. The number of carbonyl (C=O) groups is 3. The number of hydrogen-bond acceptors (Lipinski definition) is 4. The summed E-state index contributed by atoms with van der Waals surface area (Å²) in [5, 5.41) is 5.65. The molecule has 4 rings (SSSR count). The summed E-state index contributed by atoms with van der Waals surface area (Å²) >= 11 is 1.62. The third-order valence-corrected chi connectivity index (χ3v) is 9.09. The van der Waals surface area contributed by atoms with Gasteiger partial charge in [-0.15, -0.1) is 11.8 Å². The topological polar surface area (TPSA) is 78.5 Å². The molecule has 6 nitrogen and oxygen atoms in total. The van der Waals surface area contributed by atoms with Crippen LogP contribution in [0.5, 0.6) is 0 Å². The Bertz CT molecular complexity index is 1260. The number of likely N-dealkylation sites (N-methyl/N-ethyl adjacent to an activating group) is 1. The number of amides is 3. The lowest BCUT2D eigenvalue weighted by Gasteiger charge is -2.32. The summed E-state index contributed by atoms with van der Waals surface area (Å²) in [7, 11) is 1.61. The van der Waals surface area contributed by atoms with Gasteiger partial charge in [-0.25, -0.2) is 0 Å². The van der Waals surface area contributed by atoms with E-state index >= 15 is 0 Å². The minimum atomic E-state index is -0.713. The Balaban J connectivity index is 1.58. The van der Waals surface area contributed by atoms with E-state index in [4.69, 9.17) is 0 Å². The maximum absolute atomic E-state index is 14.2. The van der Waals surface area contributed by atoms with Gasteiger partial charge in [0.05, 0.1) is 5.25 Å². The van der Waals surface area contributed by atoms with Crippen LogP contribution in [0.15, 0.2) is 91.0 Å². The van der Waals surface area contributed by atoms with E-state index in [2.05, 4.69) is 41.8 Å². The maximum atomic E-state index is 14.2. The Hall–Kier alpha value is -3.58. The van der Waals surface area contributed by atoms with Crippen molar-refractivity contribution in [2.75, 3.05) is 13.6 Å². The highest BCUT2D eigenvalue weighted by Gasteiger charge is 2.39. The molecule has 0 aliphatic carbocycles. The van der Waals surface area contributed by atoms with E-state index in [1.165, 1.54) is 5.56 Å². The number of likely N-dealkylation sites (tertiary alicyclic amines) is 1. The molecule has 3 aromatic rings. The van der Waals surface area contributed by atoms with E-state index in [0.717, 1.165) is 29.7 Å². The molecular formula is C34H41N3O3S. The second-order valence-electron chi connectivity index (χ2n) is 10.6. The van der Waals surface area contributed by atoms with Crippen LogP contribution < -0.4 is 10.6 Å². The van der Waals surface area contributed by atoms with Crippen LogP contribution in [-0.4, -0.2) is 53.5 Å². The van der Waals surface area contributed by atoms with E-state index in [1.807, 2.05) is 66.7 Å². The molecule has 3 unspecified atom stereocenters. The zero-order valence-electron chi connectivity index (χ0n) is 24.0. The van der Waals surface area contributed by atoms with Gasteiger partial charge in [0.15, 0.2) is 0 Å². The predicted octanol–water partition coefficient (Wildman–Crippen LogP) is 5.34. The second kappa shape index (κ2) is 15.4. The van der Waals surface area contributed by atoms with E-state index in [0.29, 0.717) is 25.8 Å². The predicted molar refractivity (Wildman–Crippen MR) is 166 cm³/mol. The normalized spacial score (nSPS) is 18.7. The molecule has 4 atom stereocenters. The van der Waals surface area contributed by atoms with Crippen molar-refractivity contribution in [1.82, 2.24) is 15.5 Å². The van der Waals surface area contributed by atoms with Crippen molar-refractivity contribution >= 4 is 29.5 Å². The van der Waals surface area contributed by atoms with Gasteiger partial charge in [-0.2, -0.15) is 0 Å². The first-order chi connectivity index (χ1) is 20.0. The van der Waals surface area contributed by atoms with E-state index in [-0.39, 0.29) is 28.9 Å². The fourth-order valence-electron chi connectivity index (χ4n) is 5.50. The van der Waals surface area contributed by atoms with Crippen LogP contribution in [0.25, 0.3) is 0 Å². The SMILES string of the molecule is CCCC(SCc1ccccc1)C(=O)NC1C[C@H](c2ccccc2)CCN(C(Cc2ccccc2)C(=O)NC)C1=O. The van der Waals surface area contributed by atoms with Gasteiger partial charge in [0, 0.05) is 25.8 Å². The number of benzene rings is 3. The minimum absolute atomic E-state index is 0.0825. The molecule has 216 valence electrons. The summed E-state index contributed by atoms with van der Waals surface area (Å²) in [6, 6.07) is 28.7. The van der Waals surface area contributed by atoms with Gasteiger partial charge in [-0.05, 0) is 41.9 Å². The van der Waals surface area contributed by atoms with E-state index in [1.54, 1.807) is 23.7 Å². The summed E-state index contributed by atoms with van der Waals surface area (Å²) in [5.41, 5.74) is 3.30. The third-order valence-electron chi connectivity index (χ3n) is 7.74. The Morgan fingerprint density at radius 1 is 0.902 bits per heavy atom. The molecule has 0 radical (unpaired) electrons. The molecule has 1 saturated heterocycles. The lowest BCUT2D eigenvalue weighted by molar-refractivity contribution is -0.142. The summed E-state index contributed by atoms with van der Waals surface area (Å²) < 4.78 is 0. The van der Waals surface area contributed by atoms with Crippen LogP contribution in [0.4, 0.5) is 0 Å². The van der Waals surface area contributed by atoms with Crippen molar-refractivity contribution < 1.29 is 14.4 Å². The van der Waals surface area contributed by atoms with Crippen LogP contribution in [0.2, 0.25) is 0 Å². The van der Waals surface area contributed by atoms with Crippen molar-refractivity contribution in [3.05, 3.63) is 108 Å². The molecule has 0 saturated carbocycles. The van der Waals surface area contributed by atoms with Crippen LogP contribution in [0.3, 0.4) is 0 Å². The number of hydrogen-bond donors (Lipinski definition) is 2. The van der Waals surface area contributed by atoms with E-state index < -0.39 is 12.1 Å². The summed E-state index contributed by atoms with van der Waals surface area (Å²) in [6.07, 6.45) is 3.22. The monoisotopic (exact) mass is 571 g/mol. The van der Waals surface area contributed by atoms with Crippen molar-refractivity contribution in [2.24, 2.45) is 0 Å². The molecule has 0 bridgehead atoms. The van der Waals surface area contributed by atoms with Gasteiger partial charge < -0.3 is 15.5 Å². The highest BCUT2D eigenvalue weighted by Crippen LogP contribution is 2.31. The molecule has 0 spiro atoms. The summed E-state index contributed by atoms with van der Waals surface area (Å²) in [6.45, 7) is 2.52. The molecule has 1 heterocycles. The average Bonchev–Trinajstić information content (AvgIpc) is 3.17. The molecule has 41 heavy (non-hydrogen) atoms. The second-order valence-corrected chi connectivity index (χ2v) is 11.8. The molecular weight excluding hydrogens is 530 g/mol. The molecule has 1 fully saturated rings. The quantitative estimate of drug-likeness (QED) is 0.308. The molecule has 3 aromatic carbocycles. The Morgan fingerprint density at radius 2 is 1.51 bits per heavy atom. The van der Waals surface area contributed by atoms with Crippen molar-refractivity contribution in [3.8, 4) is 0 Å². The van der Waals surface area contributed by atoms with Crippen LogP contribution in [0.1, 0.15) is 55.2 Å². The molecule has 2 N–H and O–H groups in total. The zero-order valence-corrected chi connectivity index (χ0v) is 24.8. The van der Waals surface area contributed by atoms with Crippen molar-refractivity contribution in [1.29, 1.82) is 0 Å². The van der Waals surface area contributed by atoms with E-state index in [9.17, 15) is 14.4 Å². The van der Waals surface area contributed by atoms with Gasteiger partial charge in [-0.3, -0.25) is 14.4 Å². The highest BCUT2D eigenvalue weighted by molar-refractivity contribution is 7.99. The smallest absolute Gasteiger partial charge is 0.245 e. The summed E-state index contributed by atoms with van der Waals surface area (Å²) in [5.74, 6) is 0.308. The average molecular weight is 572 g/mol. The fourth-order valence-corrected chi connectivity index (χ4v) is 6.71. The zero-order chi connectivity index (χ0) is 29.0. The standard InChI is InChI=1S/C34H41N3O3S/c1-3-13-31(41-24-26-16-9-5-10-17-26)33(39)36-29-23-28(27-18-11-6-12-19-27)20-21-37(34(29)40)30(32(38)35-2)22-25-14-7-4-8-15-25/h4-12,14-19,28-31H,3,13,20-24H2,1-2H3,(H,35,38)(H,36,39)/t28-,29?,30?,31?/m1/s1. The lowest BCUT2D eigenvalue weighted by Crippen LogP contribution is -2.56. The third kappa shape index (κ3) is 8.46. The Labute approximate surface area is 248 Å². The number of nitrogens with zero attached hydrogens (tertiary/aromatic N) is 1. The molecule has 1 aliphatic heterocycles. The van der Waals surface area contributed by atoms with Crippen LogP contribution in [0, 0.1) is 0 Å². The highest BCUT2D eigenvalue weighted by atomic mass is 32.2. The first kappa shape index (κ1) is 30.4. The van der Waals surface area contributed by atoms with Gasteiger partial charge in [0.25, 0.3) is 0 Å². The number of nitrogens with one attached hydrogen (secondary N) is 2. The maximum Gasteiger partial charge on any atom is 0.245 e. The summed E-state index contributed by atoms with van der Waals surface area (Å²) in [4.78, 5) is 42.8. The Morgan fingerprint density at radius 3 is 2.12 bits per heavy atom. The first-order valence-electron chi connectivity index (χ1n) is 14.6. The molecule has 3 amide bonds. The van der Waals surface area contributed by atoms with Crippen molar-refractivity contribution in [2.45, 2.75) is 68.0 Å². The molecule has 0 aromatic heterocycles. The van der Waals surface area contributed by atoms with Gasteiger partial charge in [-0.1, -0.05) is 104 Å². The fraction of sp³-hybridized carbons (Fsp3) is 0.382. The number of thioether (sulfide) groups is 1. The largest absolute Gasteiger partial charge is 0.357 e. The minimum Gasteiger partial charge on any atom is -0.357 e. The van der Waals surface area contributed by atoms with Crippen LogP contribution >= 0.6 is 11.8 Å². The first-order valence-corrected chi connectivity index (χ1v) is 15.6. The van der Waals surface area contributed by atoms with Gasteiger partial charge >= 0.3 is 0 Å². The van der Waals surface area contributed by atoms with Crippen LogP contribution in [-0.2, 0) is 26.6 Å².